The van der Waals surface area contributed by atoms with Crippen molar-refractivity contribution < 1.29 is 9.63 Å². The predicted octanol–water partition coefficient (Wildman–Crippen LogP) is 3.61. The van der Waals surface area contributed by atoms with Gasteiger partial charge in [-0.2, -0.15) is 10.1 Å². The molecular weight excluding hydrogens is 328 g/mol. The Morgan fingerprint density at radius 1 is 0.923 bits per heavy atom. The normalized spacial score (nSPS) is 12.0. The highest BCUT2D eigenvalue weighted by molar-refractivity contribution is 5.46. The molecule has 0 aliphatic carbocycles. The van der Waals surface area contributed by atoms with Gasteiger partial charge in [-0.3, -0.25) is 0 Å². The number of hydrogen-bond donors (Lipinski definition) is 1. The molecule has 1 unspecified atom stereocenters. The van der Waals surface area contributed by atoms with E-state index in [1.165, 1.54) is 0 Å². The number of rotatable bonds is 5. The third-order valence-corrected chi connectivity index (χ3v) is 4.12. The second-order valence-electron chi connectivity index (χ2n) is 5.90. The first-order chi connectivity index (χ1) is 12.8. The van der Waals surface area contributed by atoms with Crippen LogP contribution >= 0.6 is 0 Å². The lowest BCUT2D eigenvalue weighted by atomic mass is 9.92. The Bertz CT molecular complexity index is 970. The molecule has 1 atom stereocenters. The van der Waals surface area contributed by atoms with Crippen LogP contribution in [0.1, 0.15) is 22.9 Å². The maximum absolute atomic E-state index is 9.50. The van der Waals surface area contributed by atoms with Gasteiger partial charge in [-0.05, 0) is 41.8 Å². The topological polar surface area (TPSA) is 84.9 Å². The van der Waals surface area contributed by atoms with Gasteiger partial charge >= 0.3 is 0 Å². The van der Waals surface area contributed by atoms with E-state index < -0.39 is 0 Å². The zero-order valence-corrected chi connectivity index (χ0v) is 13.9. The first kappa shape index (κ1) is 16.0. The summed E-state index contributed by atoms with van der Waals surface area (Å²) in [7, 11) is 0. The maximum Gasteiger partial charge on any atom is 0.234 e. The minimum Gasteiger partial charge on any atom is -0.508 e. The molecule has 2 aromatic heterocycles. The molecule has 1 N–H and O–H groups in total. The molecule has 0 aliphatic heterocycles. The highest BCUT2D eigenvalue weighted by atomic mass is 16.5. The number of hydrogen-bond acceptors (Lipinski definition) is 6. The van der Waals surface area contributed by atoms with Crippen LogP contribution in [-0.2, 0) is 6.42 Å². The van der Waals surface area contributed by atoms with Gasteiger partial charge in [0.15, 0.2) is 0 Å². The molecule has 0 saturated carbocycles. The van der Waals surface area contributed by atoms with E-state index in [2.05, 4.69) is 20.3 Å². The first-order valence-corrected chi connectivity index (χ1v) is 8.24. The summed E-state index contributed by atoms with van der Waals surface area (Å²) in [6.07, 6.45) is 2.27. The van der Waals surface area contributed by atoms with Crippen molar-refractivity contribution in [3.05, 3.63) is 89.9 Å². The zero-order chi connectivity index (χ0) is 17.8. The summed E-state index contributed by atoms with van der Waals surface area (Å²) < 4.78 is 5.55. The van der Waals surface area contributed by atoms with Crippen molar-refractivity contribution in [1.82, 2.24) is 20.3 Å². The smallest absolute Gasteiger partial charge is 0.234 e. The average molecular weight is 344 g/mol. The highest BCUT2D eigenvalue weighted by Crippen LogP contribution is 2.29. The molecule has 6 nitrogen and oxygen atoms in total. The van der Waals surface area contributed by atoms with Gasteiger partial charge < -0.3 is 9.63 Å². The van der Waals surface area contributed by atoms with Crippen LogP contribution in [0.25, 0.3) is 11.5 Å². The van der Waals surface area contributed by atoms with E-state index in [1.54, 1.807) is 30.5 Å². The summed E-state index contributed by atoms with van der Waals surface area (Å²) in [4.78, 5) is 4.54. The number of phenolic OH excluding ortho intramolecular Hbond substituents is 1. The van der Waals surface area contributed by atoms with Gasteiger partial charge in [0, 0.05) is 6.20 Å². The summed E-state index contributed by atoms with van der Waals surface area (Å²) in [5.41, 5.74) is 2.71. The quantitative estimate of drug-likeness (QED) is 0.595. The molecule has 2 aromatic carbocycles. The fraction of sp³-hybridized carbons (Fsp3) is 0.100. The molecule has 0 fully saturated rings. The van der Waals surface area contributed by atoms with Crippen LogP contribution in [0.5, 0.6) is 5.75 Å². The van der Waals surface area contributed by atoms with Gasteiger partial charge in [0.1, 0.15) is 11.4 Å². The molecule has 2 heterocycles. The molecule has 0 amide bonds. The van der Waals surface area contributed by atoms with Crippen LogP contribution < -0.4 is 0 Å². The molecule has 26 heavy (non-hydrogen) atoms. The molecule has 6 heteroatoms. The summed E-state index contributed by atoms with van der Waals surface area (Å²) in [6, 6.07) is 20.7. The average Bonchev–Trinajstić information content (AvgIpc) is 3.19. The molecule has 128 valence electrons. The van der Waals surface area contributed by atoms with E-state index in [9.17, 15) is 5.11 Å². The second-order valence-corrected chi connectivity index (χ2v) is 5.90. The van der Waals surface area contributed by atoms with Crippen LogP contribution in [-0.4, -0.2) is 25.4 Å². The van der Waals surface area contributed by atoms with Crippen LogP contribution in [0.3, 0.4) is 0 Å². The van der Waals surface area contributed by atoms with Gasteiger partial charge in [-0.1, -0.05) is 47.6 Å². The number of aromatic nitrogens is 4. The fourth-order valence-corrected chi connectivity index (χ4v) is 2.80. The Hall–Kier alpha value is -3.54. The van der Waals surface area contributed by atoms with Gasteiger partial charge in [0.2, 0.25) is 11.7 Å². The summed E-state index contributed by atoms with van der Waals surface area (Å²) in [5.74, 6) is 1.08. The van der Waals surface area contributed by atoms with Crippen molar-refractivity contribution in [2.45, 2.75) is 12.3 Å². The minimum absolute atomic E-state index is 0.0985. The lowest BCUT2D eigenvalue weighted by Gasteiger charge is -2.13. The molecule has 0 spiro atoms. The molecule has 0 radical (unpaired) electrons. The Morgan fingerprint density at radius 3 is 2.46 bits per heavy atom. The second kappa shape index (κ2) is 7.14. The third kappa shape index (κ3) is 3.44. The molecule has 4 aromatic rings. The first-order valence-electron chi connectivity index (χ1n) is 8.24. The molecule has 0 saturated heterocycles. The standard InChI is InChI=1S/C20H16N4O2/c25-16-10-8-14(9-11-16)13-17(15-5-2-1-3-6-15)20-22-19(24-26-20)18-7-4-12-21-23-18/h1-12,17,25H,13H2. The molecule has 4 rings (SSSR count). The SMILES string of the molecule is Oc1ccc(CC(c2ccccc2)c2nc(-c3cccnn3)no2)cc1. The Balaban J connectivity index is 1.69. The summed E-state index contributed by atoms with van der Waals surface area (Å²) in [6.45, 7) is 0. The van der Waals surface area contributed by atoms with Crippen LogP contribution in [0.15, 0.2) is 77.4 Å². The van der Waals surface area contributed by atoms with Gasteiger partial charge in [0.05, 0.1) is 5.92 Å². The zero-order valence-electron chi connectivity index (χ0n) is 13.9. The van der Waals surface area contributed by atoms with Crippen molar-refractivity contribution in [3.63, 3.8) is 0 Å². The summed E-state index contributed by atoms with van der Waals surface area (Å²) in [5, 5.41) is 21.4. The van der Waals surface area contributed by atoms with E-state index >= 15 is 0 Å². The lowest BCUT2D eigenvalue weighted by Crippen LogP contribution is -2.05. The van der Waals surface area contributed by atoms with Crippen molar-refractivity contribution in [2.75, 3.05) is 0 Å². The predicted molar refractivity (Wildman–Crippen MR) is 95.4 cm³/mol. The molecule has 0 bridgehead atoms. The van der Waals surface area contributed by atoms with Gasteiger partial charge in [-0.15, -0.1) is 5.10 Å². The van der Waals surface area contributed by atoms with E-state index in [-0.39, 0.29) is 11.7 Å². The van der Waals surface area contributed by atoms with Crippen LogP contribution in [0.4, 0.5) is 0 Å². The largest absolute Gasteiger partial charge is 0.508 e. The molecular formula is C20H16N4O2. The van der Waals surface area contributed by atoms with Crippen LogP contribution in [0, 0.1) is 0 Å². The Kier molecular flexibility index (Phi) is 4.38. The number of aromatic hydroxyl groups is 1. The van der Waals surface area contributed by atoms with E-state index in [0.29, 0.717) is 23.8 Å². The van der Waals surface area contributed by atoms with Crippen molar-refractivity contribution in [3.8, 4) is 17.3 Å². The van der Waals surface area contributed by atoms with E-state index in [1.807, 2.05) is 42.5 Å². The summed E-state index contributed by atoms with van der Waals surface area (Å²) >= 11 is 0. The van der Waals surface area contributed by atoms with Crippen molar-refractivity contribution in [1.29, 1.82) is 0 Å². The Labute approximate surface area is 150 Å². The Morgan fingerprint density at radius 2 is 1.73 bits per heavy atom. The number of phenols is 1. The third-order valence-electron chi connectivity index (χ3n) is 4.12. The number of nitrogens with zero attached hydrogens (tertiary/aromatic N) is 4. The highest BCUT2D eigenvalue weighted by Gasteiger charge is 2.22. The maximum atomic E-state index is 9.50. The van der Waals surface area contributed by atoms with Gasteiger partial charge in [0.25, 0.3) is 0 Å². The van der Waals surface area contributed by atoms with Gasteiger partial charge in [-0.25, -0.2) is 0 Å². The lowest BCUT2D eigenvalue weighted by molar-refractivity contribution is 0.365. The van der Waals surface area contributed by atoms with Crippen molar-refractivity contribution >= 4 is 0 Å². The van der Waals surface area contributed by atoms with E-state index in [4.69, 9.17) is 4.52 Å². The monoisotopic (exact) mass is 344 g/mol. The van der Waals surface area contributed by atoms with Crippen molar-refractivity contribution in [2.24, 2.45) is 0 Å². The van der Waals surface area contributed by atoms with E-state index in [0.717, 1.165) is 11.1 Å². The fourth-order valence-electron chi connectivity index (χ4n) is 2.80. The molecule has 0 aliphatic rings. The number of benzene rings is 2. The minimum atomic E-state index is -0.0985. The van der Waals surface area contributed by atoms with Crippen LogP contribution in [0.2, 0.25) is 0 Å².